The molecule has 1 amide bonds. The van der Waals surface area contributed by atoms with Gasteiger partial charge in [-0.25, -0.2) is 0 Å². The van der Waals surface area contributed by atoms with Crippen molar-refractivity contribution in [2.45, 2.75) is 38.3 Å². The van der Waals surface area contributed by atoms with E-state index >= 15 is 0 Å². The van der Waals surface area contributed by atoms with Gasteiger partial charge in [0, 0.05) is 11.5 Å². The lowest BCUT2D eigenvalue weighted by Gasteiger charge is -2.49. The molecule has 1 aliphatic rings. The van der Waals surface area contributed by atoms with Crippen molar-refractivity contribution in [3.05, 3.63) is 35.9 Å². The molecule has 3 unspecified atom stereocenters. The molecule has 0 aliphatic heterocycles. The molecule has 0 aromatic heterocycles. The number of nitrogens with zero attached hydrogens (tertiary/aromatic N) is 1. The van der Waals surface area contributed by atoms with Crippen LogP contribution < -0.4 is 5.32 Å². The van der Waals surface area contributed by atoms with Gasteiger partial charge in [-0.3, -0.25) is 4.79 Å². The minimum Gasteiger partial charge on any atom is -0.392 e. The maximum Gasteiger partial charge on any atom is 0.242 e. The van der Waals surface area contributed by atoms with Gasteiger partial charge in [-0.1, -0.05) is 44.2 Å². The maximum atomic E-state index is 12.2. The van der Waals surface area contributed by atoms with Crippen molar-refractivity contribution in [1.29, 1.82) is 5.26 Å². The number of hydrogen-bond donors (Lipinski definition) is 2. The Bertz CT molecular complexity index is 505. The fourth-order valence-corrected chi connectivity index (χ4v) is 2.33. The molecule has 100 valence electrons. The van der Waals surface area contributed by atoms with Crippen LogP contribution in [0, 0.1) is 16.7 Å². The summed E-state index contributed by atoms with van der Waals surface area (Å²) in [5, 5.41) is 21.7. The summed E-state index contributed by atoms with van der Waals surface area (Å²) in [5.41, 5.74) is 0.368. The lowest BCUT2D eigenvalue weighted by Crippen LogP contribution is -2.61. The smallest absolute Gasteiger partial charge is 0.242 e. The standard InChI is InChI=1S/C15H18N2O2/c1-15(2)12(8-13(15)18)17-14(19)11(9-16)10-6-4-3-5-7-10/h3-7,11-13,18H,8H2,1-2H3,(H,17,19). The van der Waals surface area contributed by atoms with Gasteiger partial charge in [0.1, 0.15) is 5.92 Å². The van der Waals surface area contributed by atoms with Gasteiger partial charge < -0.3 is 10.4 Å². The Balaban J connectivity index is 2.06. The van der Waals surface area contributed by atoms with Gasteiger partial charge in [0.25, 0.3) is 0 Å². The van der Waals surface area contributed by atoms with Crippen LogP contribution in [0.25, 0.3) is 0 Å². The van der Waals surface area contributed by atoms with Crippen molar-refractivity contribution in [1.82, 2.24) is 5.32 Å². The molecule has 3 atom stereocenters. The summed E-state index contributed by atoms with van der Waals surface area (Å²) in [7, 11) is 0. The van der Waals surface area contributed by atoms with Crippen molar-refractivity contribution < 1.29 is 9.90 Å². The zero-order valence-corrected chi connectivity index (χ0v) is 11.1. The highest BCUT2D eigenvalue weighted by Crippen LogP contribution is 2.40. The van der Waals surface area contributed by atoms with Crippen LogP contribution in [0.4, 0.5) is 0 Å². The van der Waals surface area contributed by atoms with Crippen LogP contribution >= 0.6 is 0 Å². The quantitative estimate of drug-likeness (QED) is 0.864. The third-order valence-corrected chi connectivity index (χ3v) is 4.06. The van der Waals surface area contributed by atoms with E-state index in [1.807, 2.05) is 38.1 Å². The number of aliphatic hydroxyl groups is 1. The third-order valence-electron chi connectivity index (χ3n) is 4.06. The van der Waals surface area contributed by atoms with Crippen LogP contribution in [0.1, 0.15) is 31.7 Å². The number of carbonyl (C=O) groups excluding carboxylic acids is 1. The Morgan fingerprint density at radius 3 is 2.58 bits per heavy atom. The van der Waals surface area contributed by atoms with E-state index in [2.05, 4.69) is 5.32 Å². The number of carbonyl (C=O) groups is 1. The molecule has 4 nitrogen and oxygen atoms in total. The molecule has 0 radical (unpaired) electrons. The zero-order chi connectivity index (χ0) is 14.0. The van der Waals surface area contributed by atoms with Gasteiger partial charge in [0.15, 0.2) is 0 Å². The SMILES string of the molecule is CC1(C)C(O)CC1NC(=O)C(C#N)c1ccccc1. The summed E-state index contributed by atoms with van der Waals surface area (Å²) in [6.07, 6.45) is 0.154. The van der Waals surface area contributed by atoms with E-state index in [9.17, 15) is 15.2 Å². The maximum absolute atomic E-state index is 12.2. The highest BCUT2D eigenvalue weighted by molar-refractivity contribution is 5.86. The summed E-state index contributed by atoms with van der Waals surface area (Å²) in [5.74, 6) is -1.09. The molecule has 0 spiro atoms. The molecule has 19 heavy (non-hydrogen) atoms. The Hall–Kier alpha value is -1.86. The Kier molecular flexibility index (Phi) is 3.59. The largest absolute Gasteiger partial charge is 0.392 e. The zero-order valence-electron chi connectivity index (χ0n) is 11.1. The van der Waals surface area contributed by atoms with Gasteiger partial charge in [0.05, 0.1) is 12.2 Å². The van der Waals surface area contributed by atoms with Gasteiger partial charge >= 0.3 is 0 Å². The number of rotatable bonds is 3. The Labute approximate surface area is 113 Å². The minimum atomic E-state index is -0.797. The number of aliphatic hydroxyl groups excluding tert-OH is 1. The first-order valence-corrected chi connectivity index (χ1v) is 6.40. The van der Waals surface area contributed by atoms with Crippen molar-refractivity contribution in [2.24, 2.45) is 5.41 Å². The summed E-state index contributed by atoms with van der Waals surface area (Å²) in [6.45, 7) is 3.83. The summed E-state index contributed by atoms with van der Waals surface area (Å²) >= 11 is 0. The van der Waals surface area contributed by atoms with E-state index in [1.165, 1.54) is 0 Å². The summed E-state index contributed by atoms with van der Waals surface area (Å²) in [6, 6.07) is 11.0. The van der Waals surface area contributed by atoms with Gasteiger partial charge in [-0.2, -0.15) is 5.26 Å². The van der Waals surface area contributed by atoms with Crippen LogP contribution in [0.15, 0.2) is 30.3 Å². The van der Waals surface area contributed by atoms with Crippen LogP contribution in [-0.2, 0) is 4.79 Å². The summed E-state index contributed by atoms with van der Waals surface area (Å²) in [4.78, 5) is 12.2. The topological polar surface area (TPSA) is 73.1 Å². The Morgan fingerprint density at radius 1 is 1.47 bits per heavy atom. The molecule has 0 saturated heterocycles. The molecule has 2 rings (SSSR count). The van der Waals surface area contributed by atoms with E-state index in [0.717, 1.165) is 0 Å². The average molecular weight is 258 g/mol. The van der Waals surface area contributed by atoms with Crippen molar-refractivity contribution in [2.75, 3.05) is 0 Å². The highest BCUT2D eigenvalue weighted by atomic mass is 16.3. The van der Waals surface area contributed by atoms with Crippen LogP contribution in [-0.4, -0.2) is 23.2 Å². The molecule has 1 aromatic rings. The van der Waals surface area contributed by atoms with Gasteiger partial charge in [-0.05, 0) is 12.0 Å². The van der Waals surface area contributed by atoms with Crippen LogP contribution in [0.3, 0.4) is 0 Å². The van der Waals surface area contributed by atoms with Crippen molar-refractivity contribution >= 4 is 5.91 Å². The lowest BCUT2D eigenvalue weighted by atomic mass is 9.64. The molecule has 1 saturated carbocycles. The van der Waals surface area contributed by atoms with Crippen molar-refractivity contribution in [3.63, 3.8) is 0 Å². The van der Waals surface area contributed by atoms with Crippen molar-refractivity contribution in [3.8, 4) is 6.07 Å². The van der Waals surface area contributed by atoms with Crippen LogP contribution in [0.2, 0.25) is 0 Å². The molecule has 1 aromatic carbocycles. The fourth-order valence-electron chi connectivity index (χ4n) is 2.33. The van der Waals surface area contributed by atoms with Gasteiger partial charge in [0.2, 0.25) is 5.91 Å². The van der Waals surface area contributed by atoms with E-state index in [-0.39, 0.29) is 17.4 Å². The number of nitrogens with one attached hydrogen (secondary N) is 1. The molecule has 2 N–H and O–H groups in total. The predicted molar refractivity (Wildman–Crippen MR) is 71.1 cm³/mol. The van der Waals surface area contributed by atoms with Gasteiger partial charge in [-0.15, -0.1) is 0 Å². The first-order chi connectivity index (χ1) is 8.96. The first-order valence-electron chi connectivity index (χ1n) is 6.40. The lowest BCUT2D eigenvalue weighted by molar-refractivity contribution is -0.129. The first kappa shape index (κ1) is 13.6. The fraction of sp³-hybridized carbons (Fsp3) is 0.467. The number of amides is 1. The Morgan fingerprint density at radius 2 is 2.11 bits per heavy atom. The summed E-state index contributed by atoms with van der Waals surface area (Å²) < 4.78 is 0. The van der Waals surface area contributed by atoms with E-state index in [4.69, 9.17) is 0 Å². The average Bonchev–Trinajstić information content (AvgIpc) is 2.40. The number of nitriles is 1. The normalized spacial score (nSPS) is 25.8. The number of hydrogen-bond acceptors (Lipinski definition) is 3. The van der Waals surface area contributed by atoms with E-state index in [0.29, 0.717) is 12.0 Å². The third kappa shape index (κ3) is 2.47. The molecule has 1 aliphatic carbocycles. The molecule has 4 heteroatoms. The molecular weight excluding hydrogens is 240 g/mol. The molecule has 0 bridgehead atoms. The highest BCUT2D eigenvalue weighted by Gasteiger charge is 2.48. The predicted octanol–water partition coefficient (Wildman–Crippen LogP) is 1.57. The second-order valence-electron chi connectivity index (χ2n) is 5.61. The molecule has 0 heterocycles. The molecule has 1 fully saturated rings. The minimum absolute atomic E-state index is 0.0745. The monoisotopic (exact) mass is 258 g/mol. The van der Waals surface area contributed by atoms with E-state index in [1.54, 1.807) is 12.1 Å². The van der Waals surface area contributed by atoms with E-state index < -0.39 is 12.0 Å². The molecular formula is C15H18N2O2. The second kappa shape index (κ2) is 5.02. The number of benzene rings is 1. The second-order valence-corrected chi connectivity index (χ2v) is 5.61. The van der Waals surface area contributed by atoms with Crippen LogP contribution in [0.5, 0.6) is 0 Å².